The number of aromatic nitrogens is 2. The van der Waals surface area contributed by atoms with Crippen molar-refractivity contribution in [3.8, 4) is 0 Å². The van der Waals surface area contributed by atoms with Crippen LogP contribution in [0.15, 0.2) is 12.3 Å². The van der Waals surface area contributed by atoms with E-state index in [2.05, 4.69) is 15.3 Å². The van der Waals surface area contributed by atoms with Gasteiger partial charge < -0.3 is 9.84 Å². The minimum Gasteiger partial charge on any atom is -0.481 e. The molecule has 0 radical (unpaired) electrons. The average molecular weight is 253 g/mol. The van der Waals surface area contributed by atoms with Gasteiger partial charge in [0.15, 0.2) is 0 Å². The third-order valence-electron chi connectivity index (χ3n) is 1.66. The molecule has 0 aromatic carbocycles. The Kier molecular flexibility index (Phi) is 4.19. The summed E-state index contributed by atoms with van der Waals surface area (Å²) in [6.45, 7) is 5.19. The molecular weight excluding hydrogens is 238 g/mol. The van der Waals surface area contributed by atoms with Crippen LogP contribution in [0.2, 0.25) is 0 Å². The lowest BCUT2D eigenvalue weighted by Gasteiger charge is -2.19. The van der Waals surface area contributed by atoms with Gasteiger partial charge in [0.05, 0.1) is 12.1 Å². The van der Waals surface area contributed by atoms with E-state index in [-0.39, 0.29) is 12.4 Å². The van der Waals surface area contributed by atoms with Gasteiger partial charge >= 0.3 is 12.1 Å². The van der Waals surface area contributed by atoms with Crippen LogP contribution < -0.4 is 5.32 Å². The van der Waals surface area contributed by atoms with Gasteiger partial charge in [-0.2, -0.15) is 0 Å². The van der Waals surface area contributed by atoms with Gasteiger partial charge in [-0.05, 0) is 26.8 Å². The highest BCUT2D eigenvalue weighted by Gasteiger charge is 2.17. The van der Waals surface area contributed by atoms with Crippen molar-refractivity contribution in [1.82, 2.24) is 9.97 Å². The van der Waals surface area contributed by atoms with E-state index >= 15 is 0 Å². The van der Waals surface area contributed by atoms with Gasteiger partial charge in [-0.1, -0.05) is 0 Å². The molecule has 0 bridgehead atoms. The summed E-state index contributed by atoms with van der Waals surface area (Å²) in [6, 6.07) is 1.47. The Hall–Kier alpha value is -2.18. The molecule has 1 heterocycles. The first-order valence-electron chi connectivity index (χ1n) is 5.30. The zero-order valence-corrected chi connectivity index (χ0v) is 10.4. The first-order chi connectivity index (χ1) is 8.26. The molecule has 2 N–H and O–H groups in total. The fraction of sp³-hybridized carbons (Fsp3) is 0.455. The van der Waals surface area contributed by atoms with E-state index in [4.69, 9.17) is 9.84 Å². The van der Waals surface area contributed by atoms with Gasteiger partial charge in [-0.3, -0.25) is 10.1 Å². The van der Waals surface area contributed by atoms with E-state index in [0.29, 0.717) is 5.69 Å². The van der Waals surface area contributed by atoms with Crippen LogP contribution in [-0.4, -0.2) is 32.7 Å². The van der Waals surface area contributed by atoms with Gasteiger partial charge in [-0.15, -0.1) is 0 Å². The van der Waals surface area contributed by atoms with Crippen molar-refractivity contribution in [2.45, 2.75) is 32.8 Å². The number of hydrogen-bond acceptors (Lipinski definition) is 5. The fourth-order valence-corrected chi connectivity index (χ4v) is 1.10. The van der Waals surface area contributed by atoms with Crippen LogP contribution in [0.3, 0.4) is 0 Å². The van der Waals surface area contributed by atoms with Crippen molar-refractivity contribution in [3.05, 3.63) is 18.0 Å². The summed E-state index contributed by atoms with van der Waals surface area (Å²) in [5.41, 5.74) is -0.313. The summed E-state index contributed by atoms with van der Waals surface area (Å²) in [5, 5.41) is 11.0. The van der Waals surface area contributed by atoms with Crippen LogP contribution in [0, 0.1) is 0 Å². The fourth-order valence-electron chi connectivity index (χ4n) is 1.10. The van der Waals surface area contributed by atoms with Gasteiger partial charge in [0.1, 0.15) is 5.60 Å². The lowest BCUT2D eigenvalue weighted by molar-refractivity contribution is -0.136. The molecule has 0 saturated carbocycles. The zero-order chi connectivity index (χ0) is 13.8. The van der Waals surface area contributed by atoms with E-state index in [1.54, 1.807) is 20.8 Å². The SMILES string of the molecule is CC(C)(C)OC(=O)Nc1nccc(CC(=O)O)n1. The van der Waals surface area contributed by atoms with Crippen molar-refractivity contribution in [2.75, 3.05) is 5.32 Å². The predicted octanol–water partition coefficient (Wildman–Crippen LogP) is 1.45. The molecular formula is C11H15N3O4. The third kappa shape index (κ3) is 5.24. The molecule has 0 aliphatic heterocycles. The van der Waals surface area contributed by atoms with Gasteiger partial charge in [-0.25, -0.2) is 14.8 Å². The second kappa shape index (κ2) is 5.44. The summed E-state index contributed by atoms with van der Waals surface area (Å²) >= 11 is 0. The molecule has 0 aliphatic carbocycles. The standard InChI is InChI=1S/C11H15N3O4/c1-11(2,3)18-10(17)14-9-12-5-4-7(13-9)6-8(15)16/h4-5H,6H2,1-3H3,(H,15,16)(H,12,13,14,17). The number of nitrogens with one attached hydrogen (secondary N) is 1. The largest absolute Gasteiger partial charge is 0.481 e. The first-order valence-corrected chi connectivity index (χ1v) is 5.30. The molecule has 98 valence electrons. The van der Waals surface area contributed by atoms with Crippen LogP contribution in [0.4, 0.5) is 10.7 Å². The van der Waals surface area contributed by atoms with Gasteiger partial charge in [0, 0.05) is 6.20 Å². The van der Waals surface area contributed by atoms with Crippen molar-refractivity contribution < 1.29 is 19.4 Å². The minimum atomic E-state index is -1.00. The van der Waals surface area contributed by atoms with Crippen LogP contribution >= 0.6 is 0 Å². The number of nitrogens with zero attached hydrogens (tertiary/aromatic N) is 2. The number of carbonyl (C=O) groups excluding carboxylic acids is 1. The maximum absolute atomic E-state index is 11.4. The van der Waals surface area contributed by atoms with E-state index in [1.807, 2.05) is 0 Å². The highest BCUT2D eigenvalue weighted by Crippen LogP contribution is 2.09. The number of amides is 1. The van der Waals surface area contributed by atoms with Crippen LogP contribution in [0.5, 0.6) is 0 Å². The summed E-state index contributed by atoms with van der Waals surface area (Å²) in [7, 11) is 0. The Bertz CT molecular complexity index is 454. The molecule has 0 atom stereocenters. The third-order valence-corrected chi connectivity index (χ3v) is 1.66. The van der Waals surface area contributed by atoms with Crippen molar-refractivity contribution in [2.24, 2.45) is 0 Å². The Labute approximate surface area is 104 Å². The molecule has 0 saturated heterocycles. The number of carboxylic acids is 1. The second-order valence-corrected chi connectivity index (χ2v) is 4.57. The molecule has 1 aromatic heterocycles. The number of aliphatic carboxylic acids is 1. The van der Waals surface area contributed by atoms with E-state index in [1.165, 1.54) is 12.3 Å². The molecule has 0 aliphatic rings. The number of anilines is 1. The Morgan fingerprint density at radius 3 is 2.67 bits per heavy atom. The maximum Gasteiger partial charge on any atom is 0.414 e. The number of carbonyl (C=O) groups is 2. The highest BCUT2D eigenvalue weighted by atomic mass is 16.6. The number of ether oxygens (including phenoxy) is 1. The number of carboxylic acid groups (broad SMARTS) is 1. The van der Waals surface area contributed by atoms with Gasteiger partial charge in [0.2, 0.25) is 5.95 Å². The molecule has 1 amide bonds. The summed E-state index contributed by atoms with van der Waals surface area (Å²) in [5.74, 6) is -0.986. The molecule has 1 rings (SSSR count). The molecule has 0 unspecified atom stereocenters. The van der Waals surface area contributed by atoms with Crippen molar-refractivity contribution in [1.29, 1.82) is 0 Å². The minimum absolute atomic E-state index is 0.0167. The van der Waals surface area contributed by atoms with Crippen molar-refractivity contribution in [3.63, 3.8) is 0 Å². The highest BCUT2D eigenvalue weighted by molar-refractivity contribution is 5.82. The lowest BCUT2D eigenvalue weighted by atomic mass is 10.2. The Balaban J connectivity index is 2.67. The Morgan fingerprint density at radius 2 is 2.11 bits per heavy atom. The van der Waals surface area contributed by atoms with Crippen molar-refractivity contribution >= 4 is 18.0 Å². The average Bonchev–Trinajstić information content (AvgIpc) is 2.13. The molecule has 0 spiro atoms. The number of rotatable bonds is 3. The van der Waals surface area contributed by atoms with E-state index < -0.39 is 17.7 Å². The lowest BCUT2D eigenvalue weighted by Crippen LogP contribution is -2.27. The van der Waals surface area contributed by atoms with E-state index in [0.717, 1.165) is 0 Å². The van der Waals surface area contributed by atoms with Crippen LogP contribution in [0.1, 0.15) is 26.5 Å². The zero-order valence-electron chi connectivity index (χ0n) is 10.4. The molecule has 0 fully saturated rings. The Morgan fingerprint density at radius 1 is 1.44 bits per heavy atom. The molecule has 7 heteroatoms. The van der Waals surface area contributed by atoms with Crippen LogP contribution in [-0.2, 0) is 16.0 Å². The maximum atomic E-state index is 11.4. The topological polar surface area (TPSA) is 101 Å². The monoisotopic (exact) mass is 253 g/mol. The smallest absolute Gasteiger partial charge is 0.414 e. The normalized spacial score (nSPS) is 10.8. The molecule has 7 nitrogen and oxygen atoms in total. The van der Waals surface area contributed by atoms with Crippen LogP contribution in [0.25, 0.3) is 0 Å². The van der Waals surface area contributed by atoms with E-state index in [9.17, 15) is 9.59 Å². The molecule has 1 aromatic rings. The molecule has 18 heavy (non-hydrogen) atoms. The summed E-state index contributed by atoms with van der Waals surface area (Å²) in [6.07, 6.45) is 0.457. The first kappa shape index (κ1) is 13.9. The summed E-state index contributed by atoms with van der Waals surface area (Å²) < 4.78 is 5.02. The number of hydrogen-bond donors (Lipinski definition) is 2. The second-order valence-electron chi connectivity index (χ2n) is 4.57. The predicted molar refractivity (Wildman–Crippen MR) is 63.2 cm³/mol. The summed E-state index contributed by atoms with van der Waals surface area (Å²) in [4.78, 5) is 29.6. The van der Waals surface area contributed by atoms with Gasteiger partial charge in [0.25, 0.3) is 0 Å². The quantitative estimate of drug-likeness (QED) is 0.845.